The molecule has 2 aromatic rings. The number of carbonyl (C=O) groups is 2. The van der Waals surface area contributed by atoms with Crippen LogP contribution in [-0.2, 0) is 4.79 Å². The Bertz CT molecular complexity index is 850. The Morgan fingerprint density at radius 2 is 2.07 bits per heavy atom. The summed E-state index contributed by atoms with van der Waals surface area (Å²) in [5.74, 6) is 1.47. The molecule has 7 heteroatoms. The Labute approximate surface area is 175 Å². The largest absolute Gasteiger partial charge is 0.352 e. The Hall–Kier alpha value is -2.41. The van der Waals surface area contributed by atoms with Gasteiger partial charge in [-0.15, -0.1) is 0 Å². The number of thiophene rings is 1. The number of hydrogen-bond donors (Lipinski definition) is 1. The molecule has 2 aliphatic heterocycles. The van der Waals surface area contributed by atoms with Crippen molar-refractivity contribution in [2.24, 2.45) is 11.8 Å². The summed E-state index contributed by atoms with van der Waals surface area (Å²) >= 11 is 1.56. The molecule has 2 saturated heterocycles. The molecular weight excluding hydrogens is 384 g/mol. The molecule has 4 rings (SSSR count). The zero-order chi connectivity index (χ0) is 20.4. The third-order valence-corrected chi connectivity index (χ3v) is 6.60. The van der Waals surface area contributed by atoms with Crippen molar-refractivity contribution in [2.75, 3.05) is 29.9 Å². The van der Waals surface area contributed by atoms with Crippen LogP contribution in [0.3, 0.4) is 0 Å². The van der Waals surface area contributed by atoms with Gasteiger partial charge < -0.3 is 15.1 Å². The average Bonchev–Trinajstić information content (AvgIpc) is 3.35. The number of rotatable bonds is 4. The highest BCUT2D eigenvalue weighted by Gasteiger charge is 2.40. The van der Waals surface area contributed by atoms with Crippen LogP contribution < -0.4 is 10.2 Å². The van der Waals surface area contributed by atoms with Gasteiger partial charge in [-0.1, -0.05) is 20.3 Å². The van der Waals surface area contributed by atoms with Crippen LogP contribution in [0, 0.1) is 11.8 Å². The first-order valence-electron chi connectivity index (χ1n) is 10.4. The molecule has 0 aromatic carbocycles. The van der Waals surface area contributed by atoms with Gasteiger partial charge in [0.1, 0.15) is 5.82 Å². The number of pyridine rings is 1. The van der Waals surface area contributed by atoms with Crippen molar-refractivity contribution in [1.29, 1.82) is 0 Å². The summed E-state index contributed by atoms with van der Waals surface area (Å²) in [6.45, 7) is 6.26. The van der Waals surface area contributed by atoms with E-state index in [-0.39, 0.29) is 17.7 Å². The molecule has 0 radical (unpaired) electrons. The zero-order valence-corrected chi connectivity index (χ0v) is 17.8. The molecule has 2 aromatic heterocycles. The predicted molar refractivity (Wildman–Crippen MR) is 116 cm³/mol. The molecule has 0 unspecified atom stereocenters. The van der Waals surface area contributed by atoms with Crippen molar-refractivity contribution in [3.63, 3.8) is 0 Å². The molecule has 29 heavy (non-hydrogen) atoms. The highest BCUT2D eigenvalue weighted by Crippen LogP contribution is 2.33. The van der Waals surface area contributed by atoms with Gasteiger partial charge in [-0.2, -0.15) is 11.3 Å². The maximum Gasteiger partial charge on any atom is 0.254 e. The van der Waals surface area contributed by atoms with Crippen LogP contribution in [0.1, 0.15) is 43.5 Å². The van der Waals surface area contributed by atoms with Crippen LogP contribution in [0.4, 0.5) is 11.5 Å². The summed E-state index contributed by atoms with van der Waals surface area (Å²) in [5.41, 5.74) is 1.51. The first-order chi connectivity index (χ1) is 14.0. The first kappa shape index (κ1) is 19.9. The van der Waals surface area contributed by atoms with E-state index in [1.807, 2.05) is 47.7 Å². The molecule has 2 amide bonds. The van der Waals surface area contributed by atoms with Gasteiger partial charge in [-0.3, -0.25) is 9.59 Å². The number of fused-ring (bicyclic) bond motifs is 1. The quantitative estimate of drug-likeness (QED) is 0.828. The zero-order valence-electron chi connectivity index (χ0n) is 17.0. The van der Waals surface area contributed by atoms with Gasteiger partial charge in [0.2, 0.25) is 5.91 Å². The molecule has 0 spiro atoms. The van der Waals surface area contributed by atoms with E-state index in [2.05, 4.69) is 15.2 Å². The SMILES string of the molecule is CC(C)C(=O)Nc1ccc(N2CCCC[C@@H]3CN(C(=O)c4ccsc4)C[C@@H]32)nc1. The van der Waals surface area contributed by atoms with Crippen molar-refractivity contribution in [3.8, 4) is 0 Å². The number of nitrogens with one attached hydrogen (secondary N) is 1. The number of amides is 2. The van der Waals surface area contributed by atoms with Crippen LogP contribution in [0.2, 0.25) is 0 Å². The van der Waals surface area contributed by atoms with Gasteiger partial charge in [0, 0.05) is 30.9 Å². The number of aromatic nitrogens is 1. The van der Waals surface area contributed by atoms with E-state index in [1.165, 1.54) is 6.42 Å². The van der Waals surface area contributed by atoms with Crippen LogP contribution in [0.25, 0.3) is 0 Å². The van der Waals surface area contributed by atoms with Gasteiger partial charge in [0.25, 0.3) is 5.91 Å². The van der Waals surface area contributed by atoms with E-state index in [4.69, 9.17) is 0 Å². The monoisotopic (exact) mass is 412 g/mol. The van der Waals surface area contributed by atoms with Gasteiger partial charge in [-0.05, 0) is 42.3 Å². The minimum atomic E-state index is -0.0636. The minimum absolute atomic E-state index is 0.00670. The minimum Gasteiger partial charge on any atom is -0.352 e. The van der Waals surface area contributed by atoms with Crippen molar-refractivity contribution in [1.82, 2.24) is 9.88 Å². The fourth-order valence-corrected chi connectivity index (χ4v) is 4.91. The van der Waals surface area contributed by atoms with Gasteiger partial charge in [0.15, 0.2) is 0 Å². The van der Waals surface area contributed by atoms with E-state index in [9.17, 15) is 9.59 Å². The maximum absolute atomic E-state index is 12.8. The Morgan fingerprint density at radius 1 is 1.21 bits per heavy atom. The summed E-state index contributed by atoms with van der Waals surface area (Å²) < 4.78 is 0. The molecule has 0 saturated carbocycles. The van der Waals surface area contributed by atoms with Crippen LogP contribution >= 0.6 is 11.3 Å². The summed E-state index contributed by atoms with van der Waals surface area (Å²) in [7, 11) is 0. The number of hydrogen-bond acceptors (Lipinski definition) is 5. The van der Waals surface area contributed by atoms with Crippen molar-refractivity contribution < 1.29 is 9.59 Å². The lowest BCUT2D eigenvalue weighted by atomic mass is 9.98. The van der Waals surface area contributed by atoms with Crippen molar-refractivity contribution in [2.45, 2.75) is 39.2 Å². The number of likely N-dealkylation sites (tertiary alicyclic amines) is 1. The van der Waals surface area contributed by atoms with Crippen LogP contribution in [-0.4, -0.2) is 47.4 Å². The second-order valence-electron chi connectivity index (χ2n) is 8.29. The first-order valence-corrected chi connectivity index (χ1v) is 11.3. The molecular formula is C22H28N4O2S. The smallest absolute Gasteiger partial charge is 0.254 e. The predicted octanol–water partition coefficient (Wildman–Crippen LogP) is 3.87. The molecule has 0 bridgehead atoms. The summed E-state index contributed by atoms with van der Waals surface area (Å²) in [6.07, 6.45) is 5.20. The lowest BCUT2D eigenvalue weighted by molar-refractivity contribution is -0.118. The molecule has 0 aliphatic carbocycles. The van der Waals surface area contributed by atoms with Gasteiger partial charge >= 0.3 is 0 Å². The van der Waals surface area contributed by atoms with E-state index in [0.29, 0.717) is 12.0 Å². The number of nitrogens with zero attached hydrogens (tertiary/aromatic N) is 3. The molecule has 2 aliphatic rings. The average molecular weight is 413 g/mol. The maximum atomic E-state index is 12.8. The third kappa shape index (κ3) is 4.29. The van der Waals surface area contributed by atoms with E-state index >= 15 is 0 Å². The summed E-state index contributed by atoms with van der Waals surface area (Å²) in [5, 5.41) is 6.78. The number of anilines is 2. The highest BCUT2D eigenvalue weighted by atomic mass is 32.1. The van der Waals surface area contributed by atoms with Crippen molar-refractivity contribution >= 4 is 34.7 Å². The van der Waals surface area contributed by atoms with Gasteiger partial charge in [-0.25, -0.2) is 4.98 Å². The molecule has 154 valence electrons. The Kier molecular flexibility index (Phi) is 5.85. The second kappa shape index (κ2) is 8.53. The van der Waals surface area contributed by atoms with Gasteiger partial charge in [0.05, 0.1) is 23.5 Å². The van der Waals surface area contributed by atoms with Crippen LogP contribution in [0.15, 0.2) is 35.2 Å². The summed E-state index contributed by atoms with van der Waals surface area (Å²) in [4.78, 5) is 33.8. The van der Waals surface area contributed by atoms with E-state index in [0.717, 1.165) is 49.5 Å². The molecule has 6 nitrogen and oxygen atoms in total. The summed E-state index contributed by atoms with van der Waals surface area (Å²) in [6, 6.07) is 6.11. The molecule has 4 heterocycles. The lowest BCUT2D eigenvalue weighted by Crippen LogP contribution is -2.41. The van der Waals surface area contributed by atoms with E-state index in [1.54, 1.807) is 17.5 Å². The van der Waals surface area contributed by atoms with Crippen LogP contribution in [0.5, 0.6) is 0 Å². The fraction of sp³-hybridized carbons (Fsp3) is 0.500. The fourth-order valence-electron chi connectivity index (χ4n) is 4.28. The normalized spacial score (nSPS) is 21.8. The lowest BCUT2D eigenvalue weighted by Gasteiger charge is -2.31. The third-order valence-electron chi connectivity index (χ3n) is 5.92. The topological polar surface area (TPSA) is 65.5 Å². The Balaban J connectivity index is 1.49. The van der Waals surface area contributed by atoms with E-state index < -0.39 is 0 Å². The standard InChI is InChI=1S/C22H28N4O2S/c1-15(2)21(27)24-18-6-7-20(23-11-18)26-9-4-3-5-16-12-25(13-19(16)26)22(28)17-8-10-29-14-17/h6-8,10-11,14-16,19H,3-5,9,12-13H2,1-2H3,(H,24,27)/t16-,19+/m1/s1. The highest BCUT2D eigenvalue weighted by molar-refractivity contribution is 7.08. The van der Waals surface area contributed by atoms with Crippen molar-refractivity contribution in [3.05, 3.63) is 40.7 Å². The second-order valence-corrected chi connectivity index (χ2v) is 9.07. The Morgan fingerprint density at radius 3 is 2.76 bits per heavy atom. The number of carbonyl (C=O) groups excluding carboxylic acids is 2. The molecule has 1 N–H and O–H groups in total. The molecule has 2 atom stereocenters. The molecule has 2 fully saturated rings.